The lowest BCUT2D eigenvalue weighted by molar-refractivity contribution is -0.146. The summed E-state index contributed by atoms with van der Waals surface area (Å²) in [6, 6.07) is 12.3. The molecule has 3 aromatic rings. The molecule has 1 aliphatic heterocycles. The van der Waals surface area contributed by atoms with Crippen LogP contribution in [0.15, 0.2) is 97.8 Å². The first-order chi connectivity index (χ1) is 28.2. The molecule has 13 heteroatoms. The first-order valence-corrected chi connectivity index (χ1v) is 20.6. The minimum atomic E-state index is -1.18. The smallest absolute Gasteiger partial charge is 0.290 e. The van der Waals surface area contributed by atoms with Crippen LogP contribution in [0.4, 0.5) is 0 Å². The van der Waals surface area contributed by atoms with Crippen molar-refractivity contribution in [2.45, 2.75) is 122 Å². The number of aromatic nitrogens is 2. The maximum atomic E-state index is 15.0. The minimum Gasteiger partial charge on any atom is -0.511 e. The Kier molecular flexibility index (Phi) is 15.2. The predicted molar refractivity (Wildman–Crippen MR) is 226 cm³/mol. The number of rotatable bonds is 17. The van der Waals surface area contributed by atoms with Gasteiger partial charge in [-0.05, 0) is 53.7 Å². The molecule has 1 saturated carbocycles. The summed E-state index contributed by atoms with van der Waals surface area (Å²) >= 11 is 0. The van der Waals surface area contributed by atoms with Crippen LogP contribution < -0.4 is 21.3 Å². The molecule has 0 spiro atoms. The number of carbonyl (C=O) groups is 5. The van der Waals surface area contributed by atoms with Crippen LogP contribution in [0.2, 0.25) is 0 Å². The Morgan fingerprint density at radius 3 is 2.17 bits per heavy atom. The number of benzene rings is 2. The van der Waals surface area contributed by atoms with E-state index in [0.717, 1.165) is 48.8 Å². The number of amides is 4. The summed E-state index contributed by atoms with van der Waals surface area (Å²) in [5.41, 5.74) is 2.58. The Balaban J connectivity index is 1.38. The number of ketones is 1. The van der Waals surface area contributed by atoms with Gasteiger partial charge in [0.2, 0.25) is 17.6 Å². The molecule has 1 fully saturated rings. The number of Topliss-reactive ketones (excluding diaryl/α,β-unsaturated/α-hetero) is 1. The maximum Gasteiger partial charge on any atom is 0.290 e. The number of carbonyl (C=O) groups excluding carboxylic acids is 5. The average Bonchev–Trinajstić information content (AvgIpc) is 3.23. The van der Waals surface area contributed by atoms with E-state index >= 15 is 4.79 Å². The summed E-state index contributed by atoms with van der Waals surface area (Å²) in [6.45, 7) is 15.7. The SMILES string of the molecule is C=C(N[C@H](C(=O)N1Cc2ccccc2C[C@H]1C(=O)N[C@@H](CCC)C(=O)C(=O)N[C@@H](Cc1ccccc1)C(=C)O)C(C)(C)C)C(NC(=O)c1cnccn1)C1CCCCC1. The number of hydrogen-bond donors (Lipinski definition) is 5. The molecule has 0 radical (unpaired) electrons. The molecular weight excluding hydrogens is 747 g/mol. The fourth-order valence-corrected chi connectivity index (χ4v) is 7.98. The normalized spacial score (nSPS) is 17.6. The third-order valence-corrected chi connectivity index (χ3v) is 11.3. The molecule has 1 unspecified atom stereocenters. The van der Waals surface area contributed by atoms with Crippen LogP contribution in [0.3, 0.4) is 0 Å². The second kappa shape index (κ2) is 20.2. The van der Waals surface area contributed by atoms with Crippen molar-refractivity contribution >= 4 is 29.4 Å². The van der Waals surface area contributed by atoms with Crippen molar-refractivity contribution in [2.75, 3.05) is 0 Å². The number of nitrogens with zero attached hydrogens (tertiary/aromatic N) is 3. The molecule has 2 aliphatic rings. The van der Waals surface area contributed by atoms with Crippen molar-refractivity contribution in [3.8, 4) is 0 Å². The summed E-state index contributed by atoms with van der Waals surface area (Å²) in [6.07, 6.45) is 10.3. The van der Waals surface area contributed by atoms with Gasteiger partial charge in [0, 0.05) is 31.1 Å². The van der Waals surface area contributed by atoms with Gasteiger partial charge in [0.05, 0.1) is 24.3 Å². The van der Waals surface area contributed by atoms with Crippen LogP contribution in [0.1, 0.15) is 99.8 Å². The third-order valence-electron chi connectivity index (χ3n) is 11.3. The quantitative estimate of drug-likeness (QED) is 0.0896. The predicted octanol–water partition coefficient (Wildman–Crippen LogP) is 5.28. The van der Waals surface area contributed by atoms with Crippen LogP contribution in [0.25, 0.3) is 0 Å². The van der Waals surface area contributed by atoms with E-state index in [-0.39, 0.29) is 49.1 Å². The van der Waals surface area contributed by atoms with Crippen molar-refractivity contribution in [1.82, 2.24) is 36.1 Å². The standard InChI is InChI=1S/C46H59N7O6/c1-7-16-35(40(55)44(58)51-36(30(3)54)25-31-17-10-8-11-18-31)50-43(57)38-26-33-21-14-15-22-34(33)28-53(38)45(59)41(46(4,5)6)49-29(2)39(32-19-12-9-13-20-32)52-42(56)37-27-47-23-24-48-37/h8,10-11,14-15,17-18,21-24,27,32,35-36,38-39,41,49,54H,2-3,7,9,12-13,16,19-20,25-26,28H2,1,4-6H3,(H,50,57)(H,51,58)(H,52,56)/t35-,36-,38-,39?,41+/m0/s1. The molecule has 2 heterocycles. The molecular formula is C46H59N7O6. The topological polar surface area (TPSA) is 183 Å². The molecule has 2 aromatic carbocycles. The van der Waals surface area contributed by atoms with Crippen LogP contribution in [-0.2, 0) is 38.6 Å². The van der Waals surface area contributed by atoms with Gasteiger partial charge in [0.15, 0.2) is 0 Å². The van der Waals surface area contributed by atoms with Gasteiger partial charge in [-0.1, -0.05) is 121 Å². The van der Waals surface area contributed by atoms with Gasteiger partial charge in [-0.2, -0.15) is 0 Å². The zero-order valence-electron chi connectivity index (χ0n) is 34.7. The highest BCUT2D eigenvalue weighted by Crippen LogP contribution is 2.32. The summed E-state index contributed by atoms with van der Waals surface area (Å²) in [5.74, 6) is -3.36. The van der Waals surface area contributed by atoms with Crippen molar-refractivity contribution in [3.05, 3.63) is 120 Å². The van der Waals surface area contributed by atoms with Crippen molar-refractivity contribution in [3.63, 3.8) is 0 Å². The van der Waals surface area contributed by atoms with E-state index in [0.29, 0.717) is 12.1 Å². The lowest BCUT2D eigenvalue weighted by Gasteiger charge is -2.43. The van der Waals surface area contributed by atoms with E-state index in [9.17, 15) is 24.3 Å². The first-order valence-electron chi connectivity index (χ1n) is 20.6. The second-order valence-corrected chi connectivity index (χ2v) is 16.8. The molecule has 5 N–H and O–H groups in total. The molecule has 5 rings (SSSR count). The molecule has 0 bridgehead atoms. The summed E-state index contributed by atoms with van der Waals surface area (Å²) in [5, 5.41) is 22.3. The number of nitrogens with one attached hydrogen (secondary N) is 4. The minimum absolute atomic E-state index is 0.0785. The van der Waals surface area contributed by atoms with E-state index < -0.39 is 59.1 Å². The summed E-state index contributed by atoms with van der Waals surface area (Å²) < 4.78 is 0. The van der Waals surface area contributed by atoms with E-state index in [1.165, 1.54) is 18.6 Å². The van der Waals surface area contributed by atoms with E-state index in [4.69, 9.17) is 0 Å². The van der Waals surface area contributed by atoms with Gasteiger partial charge in [-0.15, -0.1) is 0 Å². The number of aliphatic hydroxyl groups is 1. The molecule has 5 atom stereocenters. The van der Waals surface area contributed by atoms with Crippen molar-refractivity contribution in [2.24, 2.45) is 11.3 Å². The highest BCUT2D eigenvalue weighted by Gasteiger charge is 2.43. The van der Waals surface area contributed by atoms with Crippen LogP contribution in [0.5, 0.6) is 0 Å². The maximum absolute atomic E-state index is 15.0. The van der Waals surface area contributed by atoms with Crippen molar-refractivity contribution < 1.29 is 29.1 Å². The lowest BCUT2D eigenvalue weighted by Crippen LogP contribution is -2.62. The van der Waals surface area contributed by atoms with Gasteiger partial charge in [0.25, 0.3) is 11.8 Å². The molecule has 59 heavy (non-hydrogen) atoms. The van der Waals surface area contributed by atoms with Gasteiger partial charge in [-0.3, -0.25) is 29.0 Å². The molecule has 0 saturated heterocycles. The van der Waals surface area contributed by atoms with E-state index in [2.05, 4.69) is 44.4 Å². The van der Waals surface area contributed by atoms with Gasteiger partial charge in [-0.25, -0.2) is 4.98 Å². The van der Waals surface area contributed by atoms with E-state index in [1.54, 1.807) is 4.90 Å². The van der Waals surface area contributed by atoms with Crippen molar-refractivity contribution in [1.29, 1.82) is 0 Å². The molecule has 314 valence electrons. The summed E-state index contributed by atoms with van der Waals surface area (Å²) in [4.78, 5) is 79.7. The highest BCUT2D eigenvalue weighted by molar-refractivity contribution is 6.38. The zero-order valence-corrected chi connectivity index (χ0v) is 34.7. The Morgan fingerprint density at radius 1 is 0.864 bits per heavy atom. The summed E-state index contributed by atoms with van der Waals surface area (Å²) in [7, 11) is 0. The fraction of sp³-hybridized carbons (Fsp3) is 0.457. The zero-order chi connectivity index (χ0) is 42.7. The Bertz CT molecular complexity index is 1980. The molecule has 1 aromatic heterocycles. The van der Waals surface area contributed by atoms with Gasteiger partial charge < -0.3 is 31.3 Å². The monoisotopic (exact) mass is 805 g/mol. The largest absolute Gasteiger partial charge is 0.511 e. The second-order valence-electron chi connectivity index (χ2n) is 16.8. The third kappa shape index (κ3) is 11.6. The van der Waals surface area contributed by atoms with Crippen LogP contribution in [-0.4, -0.2) is 79.6 Å². The van der Waals surface area contributed by atoms with Gasteiger partial charge in [0.1, 0.15) is 23.5 Å². The lowest BCUT2D eigenvalue weighted by atomic mass is 9.81. The van der Waals surface area contributed by atoms with Crippen LogP contribution in [0, 0.1) is 11.3 Å². The number of fused-ring (bicyclic) bond motifs is 1. The molecule has 1 aliphatic carbocycles. The van der Waals surface area contributed by atoms with E-state index in [1.807, 2.05) is 82.3 Å². The van der Waals surface area contributed by atoms with Crippen LogP contribution >= 0.6 is 0 Å². The fourth-order valence-electron chi connectivity index (χ4n) is 7.98. The highest BCUT2D eigenvalue weighted by atomic mass is 16.3. The first kappa shape index (κ1) is 44.3. The molecule has 13 nitrogen and oxygen atoms in total. The average molecular weight is 806 g/mol. The number of aliphatic hydroxyl groups excluding tert-OH is 1. The Morgan fingerprint density at radius 2 is 1.54 bits per heavy atom. The number of hydrogen-bond acceptors (Lipinski definition) is 9. The van der Waals surface area contributed by atoms with Gasteiger partial charge >= 0.3 is 0 Å². The Hall–Kier alpha value is -5.85. The Labute approximate surface area is 347 Å². The molecule has 4 amide bonds.